The second kappa shape index (κ2) is 8.18. The summed E-state index contributed by atoms with van der Waals surface area (Å²) in [6, 6.07) is 15.3. The van der Waals surface area contributed by atoms with Crippen LogP contribution in [0.25, 0.3) is 0 Å². The zero-order valence-corrected chi connectivity index (χ0v) is 16.3. The number of hydrogen-bond acceptors (Lipinski definition) is 4. The minimum Gasteiger partial charge on any atom is -0.366 e. The number of aromatic nitrogens is 2. The highest BCUT2D eigenvalue weighted by Gasteiger charge is 2.11. The summed E-state index contributed by atoms with van der Waals surface area (Å²) >= 11 is 6.12. The normalized spacial score (nSPS) is 10.5. The Morgan fingerprint density at radius 3 is 2.44 bits per heavy atom. The summed E-state index contributed by atoms with van der Waals surface area (Å²) in [5.74, 6) is 0.824. The molecule has 6 heteroatoms. The maximum absolute atomic E-state index is 12.6. The first kappa shape index (κ1) is 18.9. The van der Waals surface area contributed by atoms with Gasteiger partial charge in [0, 0.05) is 23.3 Å². The highest BCUT2D eigenvalue weighted by Crippen LogP contribution is 2.20. The van der Waals surface area contributed by atoms with E-state index < -0.39 is 0 Å². The molecule has 0 bridgehead atoms. The number of amides is 1. The molecule has 1 aromatic heterocycles. The topological polar surface area (TPSA) is 66.9 Å². The number of carbonyl (C=O) groups excluding carboxylic acids is 1. The Bertz CT molecular complexity index is 970. The van der Waals surface area contributed by atoms with E-state index in [1.807, 2.05) is 19.1 Å². The highest BCUT2D eigenvalue weighted by molar-refractivity contribution is 6.31. The lowest BCUT2D eigenvalue weighted by Crippen LogP contribution is -2.16. The number of benzene rings is 2. The van der Waals surface area contributed by atoms with Gasteiger partial charge < -0.3 is 10.6 Å². The highest BCUT2D eigenvalue weighted by atomic mass is 35.5. The van der Waals surface area contributed by atoms with Crippen LogP contribution in [-0.2, 0) is 6.54 Å². The minimum atomic E-state index is -0.307. The quantitative estimate of drug-likeness (QED) is 0.659. The number of carbonyl (C=O) groups is 1. The third-order valence-corrected chi connectivity index (χ3v) is 4.50. The predicted molar refractivity (Wildman–Crippen MR) is 109 cm³/mol. The van der Waals surface area contributed by atoms with Crippen LogP contribution in [0.2, 0.25) is 5.02 Å². The molecule has 3 aromatic rings. The lowest BCUT2D eigenvalue weighted by atomic mass is 10.1. The fourth-order valence-corrected chi connectivity index (χ4v) is 2.72. The molecular formula is C21H21ClN4O. The van der Waals surface area contributed by atoms with Crippen LogP contribution >= 0.6 is 11.6 Å². The molecule has 0 spiro atoms. The Morgan fingerprint density at radius 1 is 1.00 bits per heavy atom. The molecule has 0 saturated carbocycles. The second-order valence-electron chi connectivity index (χ2n) is 6.44. The fraction of sp³-hybridized carbons (Fsp3) is 0.190. The van der Waals surface area contributed by atoms with Crippen LogP contribution in [0.4, 0.5) is 11.5 Å². The Kier molecular flexibility index (Phi) is 5.72. The second-order valence-corrected chi connectivity index (χ2v) is 6.85. The van der Waals surface area contributed by atoms with E-state index >= 15 is 0 Å². The van der Waals surface area contributed by atoms with E-state index in [0.29, 0.717) is 34.6 Å². The van der Waals surface area contributed by atoms with Crippen LogP contribution in [0.5, 0.6) is 0 Å². The summed E-state index contributed by atoms with van der Waals surface area (Å²) in [4.78, 5) is 21.2. The molecule has 0 unspecified atom stereocenters. The summed E-state index contributed by atoms with van der Waals surface area (Å²) in [5, 5.41) is 6.67. The Morgan fingerprint density at radius 2 is 1.74 bits per heavy atom. The number of anilines is 2. The van der Waals surface area contributed by atoms with Crippen molar-refractivity contribution in [2.75, 3.05) is 10.6 Å². The number of rotatable bonds is 5. The van der Waals surface area contributed by atoms with E-state index in [9.17, 15) is 4.79 Å². The predicted octanol–water partition coefficient (Wildman–Crippen LogP) is 4.92. The van der Waals surface area contributed by atoms with Gasteiger partial charge in [-0.25, -0.2) is 9.97 Å². The monoisotopic (exact) mass is 380 g/mol. The van der Waals surface area contributed by atoms with Crippen molar-refractivity contribution >= 4 is 29.0 Å². The molecule has 2 N–H and O–H groups in total. The Labute approximate surface area is 163 Å². The van der Waals surface area contributed by atoms with Crippen molar-refractivity contribution in [3.8, 4) is 0 Å². The summed E-state index contributed by atoms with van der Waals surface area (Å²) in [5.41, 5.74) is 4.23. The maximum atomic E-state index is 12.6. The zero-order valence-electron chi connectivity index (χ0n) is 15.5. The average molecular weight is 381 g/mol. The van der Waals surface area contributed by atoms with Gasteiger partial charge in [-0.05, 0) is 44.0 Å². The molecule has 27 heavy (non-hydrogen) atoms. The lowest BCUT2D eigenvalue weighted by molar-refractivity contribution is 0.102. The summed E-state index contributed by atoms with van der Waals surface area (Å²) in [6.07, 6.45) is 0. The number of hydrogen-bond donors (Lipinski definition) is 2. The summed E-state index contributed by atoms with van der Waals surface area (Å²) < 4.78 is 0. The van der Waals surface area contributed by atoms with Crippen LogP contribution in [0.1, 0.15) is 33.0 Å². The molecule has 0 aliphatic carbocycles. The van der Waals surface area contributed by atoms with Gasteiger partial charge in [0.05, 0.1) is 0 Å². The fourth-order valence-electron chi connectivity index (χ4n) is 2.54. The molecule has 0 aliphatic heterocycles. The van der Waals surface area contributed by atoms with Crippen LogP contribution in [0.15, 0.2) is 48.5 Å². The van der Waals surface area contributed by atoms with Crippen LogP contribution in [0.3, 0.4) is 0 Å². The maximum Gasteiger partial charge on any atom is 0.274 e. The van der Waals surface area contributed by atoms with E-state index in [4.69, 9.17) is 11.6 Å². The van der Waals surface area contributed by atoms with Gasteiger partial charge in [-0.2, -0.15) is 0 Å². The standard InChI is InChI=1S/C21H21ClN4O/c1-13-4-7-16(8-5-13)12-23-20-11-19(24-15(3)25-20)21(27)26-17-9-6-14(2)18(22)10-17/h4-11H,12H2,1-3H3,(H,26,27)(H,23,24,25). The number of nitrogens with one attached hydrogen (secondary N) is 2. The molecule has 0 radical (unpaired) electrons. The molecule has 0 fully saturated rings. The van der Waals surface area contributed by atoms with Crippen molar-refractivity contribution < 1.29 is 4.79 Å². The van der Waals surface area contributed by atoms with Gasteiger partial charge in [-0.1, -0.05) is 47.5 Å². The van der Waals surface area contributed by atoms with Crippen LogP contribution < -0.4 is 10.6 Å². The van der Waals surface area contributed by atoms with Gasteiger partial charge in [-0.3, -0.25) is 4.79 Å². The molecule has 0 atom stereocenters. The summed E-state index contributed by atoms with van der Waals surface area (Å²) in [6.45, 7) is 6.34. The van der Waals surface area contributed by atoms with E-state index in [0.717, 1.165) is 11.1 Å². The summed E-state index contributed by atoms with van der Waals surface area (Å²) in [7, 11) is 0. The third-order valence-electron chi connectivity index (χ3n) is 4.09. The minimum absolute atomic E-state index is 0.297. The largest absolute Gasteiger partial charge is 0.366 e. The number of aryl methyl sites for hydroxylation is 3. The van der Waals surface area contributed by atoms with Crippen LogP contribution in [-0.4, -0.2) is 15.9 Å². The first-order valence-electron chi connectivity index (χ1n) is 8.63. The lowest BCUT2D eigenvalue weighted by Gasteiger charge is -2.10. The van der Waals surface area contributed by atoms with Crippen LogP contribution in [0, 0.1) is 20.8 Å². The SMILES string of the molecule is Cc1ccc(CNc2cc(C(=O)Nc3ccc(C)c(Cl)c3)nc(C)n2)cc1. The van der Waals surface area contributed by atoms with Gasteiger partial charge in [0.15, 0.2) is 0 Å². The van der Waals surface area contributed by atoms with Crippen molar-refractivity contribution in [1.82, 2.24) is 9.97 Å². The van der Waals surface area contributed by atoms with Crippen molar-refractivity contribution in [2.24, 2.45) is 0 Å². The first-order chi connectivity index (χ1) is 12.9. The average Bonchev–Trinajstić information content (AvgIpc) is 2.64. The Balaban J connectivity index is 1.72. The van der Waals surface area contributed by atoms with Crippen molar-refractivity contribution in [1.29, 1.82) is 0 Å². The third kappa shape index (κ3) is 5.05. The van der Waals surface area contributed by atoms with Crippen molar-refractivity contribution in [3.05, 3.63) is 81.8 Å². The van der Waals surface area contributed by atoms with E-state index in [-0.39, 0.29) is 5.91 Å². The van der Waals surface area contributed by atoms with Gasteiger partial charge >= 0.3 is 0 Å². The molecule has 3 rings (SSSR count). The van der Waals surface area contributed by atoms with E-state index in [1.165, 1.54) is 5.56 Å². The van der Waals surface area contributed by atoms with E-state index in [1.54, 1.807) is 19.1 Å². The van der Waals surface area contributed by atoms with Crippen molar-refractivity contribution in [3.63, 3.8) is 0 Å². The molecular weight excluding hydrogens is 360 g/mol. The van der Waals surface area contributed by atoms with Crippen molar-refractivity contribution in [2.45, 2.75) is 27.3 Å². The molecule has 2 aromatic carbocycles. The molecule has 1 amide bonds. The van der Waals surface area contributed by atoms with Gasteiger partial charge in [0.1, 0.15) is 17.3 Å². The molecule has 138 valence electrons. The van der Waals surface area contributed by atoms with E-state index in [2.05, 4.69) is 51.8 Å². The number of nitrogens with zero attached hydrogens (tertiary/aromatic N) is 2. The molecule has 1 heterocycles. The Hall–Kier alpha value is -2.92. The van der Waals surface area contributed by atoms with Gasteiger partial charge in [0.25, 0.3) is 5.91 Å². The zero-order chi connectivity index (χ0) is 19.4. The number of halogens is 1. The molecule has 0 saturated heterocycles. The van der Waals surface area contributed by atoms with Gasteiger partial charge in [0.2, 0.25) is 0 Å². The van der Waals surface area contributed by atoms with Gasteiger partial charge in [-0.15, -0.1) is 0 Å². The smallest absolute Gasteiger partial charge is 0.274 e. The first-order valence-corrected chi connectivity index (χ1v) is 9.01. The molecule has 5 nitrogen and oxygen atoms in total. The molecule has 0 aliphatic rings.